The van der Waals surface area contributed by atoms with Crippen molar-refractivity contribution in [3.8, 4) is 0 Å². The number of hydrogen-bond donors (Lipinski definition) is 1. The van der Waals surface area contributed by atoms with E-state index in [1.54, 1.807) is 11.3 Å². The highest BCUT2D eigenvalue weighted by molar-refractivity contribution is 7.18. The third-order valence-corrected chi connectivity index (χ3v) is 5.39. The highest BCUT2D eigenvalue weighted by Crippen LogP contribution is 2.40. The number of fused-ring (bicyclic) bond motifs is 2. The fourth-order valence-electron chi connectivity index (χ4n) is 3.00. The number of benzene rings is 1. The highest BCUT2D eigenvalue weighted by atomic mass is 32.1. The number of nitrogens with zero attached hydrogens (tertiary/aromatic N) is 2. The molecule has 0 fully saturated rings. The van der Waals surface area contributed by atoms with E-state index in [1.165, 1.54) is 16.0 Å². The predicted octanol–water partition coefficient (Wildman–Crippen LogP) is 3.98. The van der Waals surface area contributed by atoms with E-state index in [4.69, 9.17) is 9.97 Å². The van der Waals surface area contributed by atoms with Crippen LogP contribution in [0.15, 0.2) is 30.3 Å². The third-order valence-electron chi connectivity index (χ3n) is 4.21. The van der Waals surface area contributed by atoms with Crippen LogP contribution in [-0.2, 0) is 12.8 Å². The number of anilines is 1. The number of hydrogen-bond acceptors (Lipinski definition) is 4. The summed E-state index contributed by atoms with van der Waals surface area (Å²) < 4.78 is 0. The summed E-state index contributed by atoms with van der Waals surface area (Å²) in [5.74, 6) is 2.26. The van der Waals surface area contributed by atoms with Gasteiger partial charge in [-0.15, -0.1) is 11.3 Å². The van der Waals surface area contributed by atoms with Gasteiger partial charge >= 0.3 is 0 Å². The van der Waals surface area contributed by atoms with Crippen LogP contribution in [0.1, 0.15) is 34.7 Å². The average molecular weight is 295 g/mol. The van der Waals surface area contributed by atoms with Gasteiger partial charge in [-0.2, -0.15) is 0 Å². The fraction of sp³-hybridized carbons (Fsp3) is 0.294. The van der Waals surface area contributed by atoms with Crippen molar-refractivity contribution in [1.29, 1.82) is 0 Å². The summed E-state index contributed by atoms with van der Waals surface area (Å²) in [6, 6.07) is 10.8. The first-order valence-electron chi connectivity index (χ1n) is 7.36. The van der Waals surface area contributed by atoms with E-state index in [0.717, 1.165) is 34.7 Å². The molecule has 1 unspecified atom stereocenters. The summed E-state index contributed by atoms with van der Waals surface area (Å²) in [7, 11) is 1.93. The second-order valence-corrected chi connectivity index (χ2v) is 6.54. The minimum atomic E-state index is 0.352. The van der Waals surface area contributed by atoms with Gasteiger partial charge in [-0.05, 0) is 30.0 Å². The van der Waals surface area contributed by atoms with Crippen molar-refractivity contribution in [3.63, 3.8) is 0 Å². The fourth-order valence-corrected chi connectivity index (χ4v) is 3.97. The lowest BCUT2D eigenvalue weighted by atomic mass is 9.77. The maximum absolute atomic E-state index is 4.84. The zero-order chi connectivity index (χ0) is 14.4. The Hall–Kier alpha value is -1.94. The van der Waals surface area contributed by atoms with Crippen LogP contribution in [0, 0.1) is 0 Å². The van der Waals surface area contributed by atoms with Crippen LogP contribution in [0.2, 0.25) is 0 Å². The molecule has 2 heterocycles. The van der Waals surface area contributed by atoms with Crippen molar-refractivity contribution in [3.05, 3.63) is 52.2 Å². The molecule has 0 amide bonds. The van der Waals surface area contributed by atoms with Gasteiger partial charge in [0, 0.05) is 17.8 Å². The van der Waals surface area contributed by atoms with Crippen LogP contribution in [0.4, 0.5) is 5.82 Å². The van der Waals surface area contributed by atoms with Crippen molar-refractivity contribution in [1.82, 2.24) is 9.97 Å². The van der Waals surface area contributed by atoms with Crippen molar-refractivity contribution in [2.24, 2.45) is 0 Å². The van der Waals surface area contributed by atoms with Crippen LogP contribution < -0.4 is 5.32 Å². The Morgan fingerprint density at radius 1 is 1.29 bits per heavy atom. The molecule has 4 rings (SSSR count). The number of thiophene rings is 1. The van der Waals surface area contributed by atoms with Crippen LogP contribution in [0.5, 0.6) is 0 Å². The summed E-state index contributed by atoms with van der Waals surface area (Å²) in [6.07, 6.45) is 2.10. The van der Waals surface area contributed by atoms with E-state index < -0.39 is 0 Å². The molecule has 1 aliphatic carbocycles. The molecular weight excluding hydrogens is 278 g/mol. The third kappa shape index (κ3) is 1.94. The molecule has 21 heavy (non-hydrogen) atoms. The molecule has 0 bridgehead atoms. The SMILES string of the molecule is CCc1cc2c(NC)nc(C3Cc4ccccc43)nc2s1. The van der Waals surface area contributed by atoms with Crippen LogP contribution in [0.25, 0.3) is 10.2 Å². The maximum Gasteiger partial charge on any atom is 0.140 e. The van der Waals surface area contributed by atoms with Gasteiger partial charge in [0.2, 0.25) is 0 Å². The van der Waals surface area contributed by atoms with Gasteiger partial charge in [-0.25, -0.2) is 9.97 Å². The van der Waals surface area contributed by atoms with Crippen LogP contribution in [0.3, 0.4) is 0 Å². The average Bonchev–Trinajstić information content (AvgIpc) is 2.91. The van der Waals surface area contributed by atoms with Gasteiger partial charge in [-0.3, -0.25) is 0 Å². The lowest BCUT2D eigenvalue weighted by Crippen LogP contribution is -2.20. The number of rotatable bonds is 3. The number of aryl methyl sites for hydroxylation is 1. The Bertz CT molecular complexity index is 822. The Labute approximate surface area is 128 Å². The van der Waals surface area contributed by atoms with Crippen molar-refractivity contribution in [2.75, 3.05) is 12.4 Å². The van der Waals surface area contributed by atoms with E-state index >= 15 is 0 Å². The molecule has 106 valence electrons. The van der Waals surface area contributed by atoms with Gasteiger partial charge in [0.25, 0.3) is 0 Å². The lowest BCUT2D eigenvalue weighted by Gasteiger charge is -2.28. The predicted molar refractivity (Wildman–Crippen MR) is 88.3 cm³/mol. The summed E-state index contributed by atoms with van der Waals surface area (Å²) in [4.78, 5) is 12.1. The number of nitrogens with one attached hydrogen (secondary N) is 1. The summed E-state index contributed by atoms with van der Waals surface area (Å²) >= 11 is 1.78. The Morgan fingerprint density at radius 2 is 2.14 bits per heavy atom. The lowest BCUT2D eigenvalue weighted by molar-refractivity contribution is 0.665. The van der Waals surface area contributed by atoms with Crippen molar-refractivity contribution < 1.29 is 0 Å². The Balaban J connectivity index is 1.83. The van der Waals surface area contributed by atoms with Crippen molar-refractivity contribution >= 4 is 27.4 Å². The molecule has 2 aromatic heterocycles. The summed E-state index contributed by atoms with van der Waals surface area (Å²) in [5.41, 5.74) is 2.81. The molecule has 4 heteroatoms. The molecular formula is C17H17N3S. The topological polar surface area (TPSA) is 37.8 Å². The number of aromatic nitrogens is 2. The first-order valence-corrected chi connectivity index (χ1v) is 8.17. The van der Waals surface area contributed by atoms with Gasteiger partial charge in [0.1, 0.15) is 16.5 Å². The van der Waals surface area contributed by atoms with Gasteiger partial charge in [0.15, 0.2) is 0 Å². The summed E-state index contributed by atoms with van der Waals surface area (Å²) in [5, 5.41) is 4.38. The minimum Gasteiger partial charge on any atom is -0.372 e. The Morgan fingerprint density at radius 3 is 2.90 bits per heavy atom. The van der Waals surface area contributed by atoms with Gasteiger partial charge < -0.3 is 5.32 Å². The van der Waals surface area contributed by atoms with Gasteiger partial charge in [-0.1, -0.05) is 31.2 Å². The standard InChI is InChI=1S/C17H17N3S/c1-3-11-9-14-15(18-2)19-16(20-17(14)21-11)13-8-10-6-4-5-7-12(10)13/h4-7,9,13H,3,8H2,1-2H3,(H,18,19,20). The van der Waals surface area contributed by atoms with Crippen molar-refractivity contribution in [2.45, 2.75) is 25.7 Å². The molecule has 0 aliphatic heterocycles. The molecule has 1 aliphatic rings. The Kier molecular flexibility index (Phi) is 2.93. The van der Waals surface area contributed by atoms with E-state index in [2.05, 4.69) is 42.6 Å². The molecule has 1 aromatic carbocycles. The zero-order valence-corrected chi connectivity index (χ0v) is 13.0. The molecule has 0 radical (unpaired) electrons. The second kappa shape index (κ2) is 4.81. The first kappa shape index (κ1) is 12.8. The monoisotopic (exact) mass is 295 g/mol. The molecule has 3 aromatic rings. The van der Waals surface area contributed by atoms with Crippen LogP contribution >= 0.6 is 11.3 Å². The van der Waals surface area contributed by atoms with E-state index in [0.29, 0.717) is 5.92 Å². The first-order chi connectivity index (χ1) is 10.3. The zero-order valence-electron chi connectivity index (χ0n) is 12.2. The summed E-state index contributed by atoms with van der Waals surface area (Å²) in [6.45, 7) is 2.18. The van der Waals surface area contributed by atoms with E-state index in [9.17, 15) is 0 Å². The normalized spacial score (nSPS) is 16.6. The van der Waals surface area contributed by atoms with Gasteiger partial charge in [0.05, 0.1) is 5.39 Å². The minimum absolute atomic E-state index is 0.352. The van der Waals surface area contributed by atoms with E-state index in [-0.39, 0.29) is 0 Å². The molecule has 0 saturated carbocycles. The molecule has 1 atom stereocenters. The molecule has 1 N–H and O–H groups in total. The highest BCUT2D eigenvalue weighted by Gasteiger charge is 2.30. The molecule has 3 nitrogen and oxygen atoms in total. The van der Waals surface area contributed by atoms with Crippen LogP contribution in [-0.4, -0.2) is 17.0 Å². The molecule has 0 saturated heterocycles. The smallest absolute Gasteiger partial charge is 0.140 e. The largest absolute Gasteiger partial charge is 0.372 e. The quantitative estimate of drug-likeness (QED) is 0.794. The maximum atomic E-state index is 4.84. The van der Waals surface area contributed by atoms with E-state index in [1.807, 2.05) is 7.05 Å². The molecule has 0 spiro atoms. The second-order valence-electron chi connectivity index (χ2n) is 5.42.